The van der Waals surface area contributed by atoms with Gasteiger partial charge in [0.1, 0.15) is 12.2 Å². The SMILES string of the molecule is CCc1cnc(CCNC(=NC)N2CCC(c3ncn[nH]3)CC2)s1.I. The van der Waals surface area contributed by atoms with Crippen LogP contribution in [-0.2, 0) is 12.8 Å². The molecule has 1 fully saturated rings. The Labute approximate surface area is 169 Å². The number of aliphatic imine (C=N–C) groups is 1. The van der Waals surface area contributed by atoms with Crippen LogP contribution in [0.3, 0.4) is 0 Å². The number of aromatic amines is 1. The van der Waals surface area contributed by atoms with Crippen LogP contribution in [0.5, 0.6) is 0 Å². The third-order valence-electron chi connectivity index (χ3n) is 4.40. The molecule has 2 aromatic rings. The van der Waals surface area contributed by atoms with Crippen molar-refractivity contribution in [2.75, 3.05) is 26.7 Å². The fourth-order valence-corrected chi connectivity index (χ4v) is 3.88. The Hall–Kier alpha value is -1.23. The summed E-state index contributed by atoms with van der Waals surface area (Å²) in [6, 6.07) is 0. The molecule has 9 heteroatoms. The van der Waals surface area contributed by atoms with Gasteiger partial charge in [0.15, 0.2) is 5.96 Å². The van der Waals surface area contributed by atoms with Crippen molar-refractivity contribution in [3.05, 3.63) is 28.2 Å². The minimum atomic E-state index is 0. The topological polar surface area (TPSA) is 82.1 Å². The van der Waals surface area contributed by atoms with Crippen LogP contribution in [0.1, 0.15) is 41.4 Å². The van der Waals surface area contributed by atoms with Crippen molar-refractivity contribution in [3.8, 4) is 0 Å². The molecular formula is C16H26IN7S. The number of thiazole rings is 1. The molecule has 7 nitrogen and oxygen atoms in total. The minimum Gasteiger partial charge on any atom is -0.356 e. The first-order valence-corrected chi connectivity index (χ1v) is 9.36. The van der Waals surface area contributed by atoms with Crippen LogP contribution < -0.4 is 5.32 Å². The van der Waals surface area contributed by atoms with E-state index in [1.165, 1.54) is 9.88 Å². The molecule has 138 valence electrons. The molecule has 0 saturated carbocycles. The van der Waals surface area contributed by atoms with Crippen molar-refractivity contribution < 1.29 is 0 Å². The summed E-state index contributed by atoms with van der Waals surface area (Å²) < 4.78 is 0. The highest BCUT2D eigenvalue weighted by atomic mass is 127. The van der Waals surface area contributed by atoms with Crippen molar-refractivity contribution in [3.63, 3.8) is 0 Å². The number of aryl methyl sites for hydroxylation is 1. The van der Waals surface area contributed by atoms with Crippen LogP contribution in [0.2, 0.25) is 0 Å². The Balaban J connectivity index is 0.00000225. The molecule has 2 aromatic heterocycles. The fraction of sp³-hybridized carbons (Fsp3) is 0.625. The zero-order chi connectivity index (χ0) is 16.8. The lowest BCUT2D eigenvalue weighted by Gasteiger charge is -2.33. The Morgan fingerprint density at radius 3 is 2.80 bits per heavy atom. The van der Waals surface area contributed by atoms with Crippen LogP contribution in [0.25, 0.3) is 0 Å². The van der Waals surface area contributed by atoms with Crippen molar-refractivity contribution in [1.82, 2.24) is 30.4 Å². The number of nitrogens with one attached hydrogen (secondary N) is 2. The fourth-order valence-electron chi connectivity index (χ4n) is 3.02. The number of nitrogens with zero attached hydrogens (tertiary/aromatic N) is 5. The molecule has 0 aromatic carbocycles. The maximum atomic E-state index is 4.47. The van der Waals surface area contributed by atoms with Gasteiger partial charge in [-0.25, -0.2) is 9.97 Å². The Bertz CT molecular complexity index is 647. The molecule has 0 radical (unpaired) electrons. The van der Waals surface area contributed by atoms with E-state index in [0.29, 0.717) is 5.92 Å². The van der Waals surface area contributed by atoms with Gasteiger partial charge in [-0.15, -0.1) is 35.3 Å². The van der Waals surface area contributed by atoms with Gasteiger partial charge in [0.2, 0.25) is 0 Å². The van der Waals surface area contributed by atoms with Gasteiger partial charge < -0.3 is 10.2 Å². The Morgan fingerprint density at radius 1 is 1.40 bits per heavy atom. The van der Waals surface area contributed by atoms with E-state index in [1.54, 1.807) is 17.7 Å². The first kappa shape index (κ1) is 20.1. The second kappa shape index (κ2) is 10.0. The predicted octanol–water partition coefficient (Wildman–Crippen LogP) is 2.44. The normalized spacial score (nSPS) is 15.9. The van der Waals surface area contributed by atoms with Crippen LogP contribution >= 0.6 is 35.3 Å². The zero-order valence-electron chi connectivity index (χ0n) is 14.7. The largest absolute Gasteiger partial charge is 0.356 e. The first-order chi connectivity index (χ1) is 11.8. The summed E-state index contributed by atoms with van der Waals surface area (Å²) in [5, 5.41) is 11.6. The average molecular weight is 475 g/mol. The monoisotopic (exact) mass is 475 g/mol. The summed E-state index contributed by atoms with van der Waals surface area (Å²) >= 11 is 1.81. The molecule has 0 amide bonds. The van der Waals surface area contributed by atoms with Crippen molar-refractivity contribution >= 4 is 41.3 Å². The molecule has 25 heavy (non-hydrogen) atoms. The highest BCUT2D eigenvalue weighted by Crippen LogP contribution is 2.24. The highest BCUT2D eigenvalue weighted by molar-refractivity contribution is 14.0. The van der Waals surface area contributed by atoms with Crippen LogP contribution in [0, 0.1) is 0 Å². The highest BCUT2D eigenvalue weighted by Gasteiger charge is 2.24. The maximum Gasteiger partial charge on any atom is 0.193 e. The summed E-state index contributed by atoms with van der Waals surface area (Å²) in [6.07, 6.45) is 7.73. The van der Waals surface area contributed by atoms with Gasteiger partial charge >= 0.3 is 0 Å². The lowest BCUT2D eigenvalue weighted by Crippen LogP contribution is -2.45. The van der Waals surface area contributed by atoms with Gasteiger partial charge in [0, 0.05) is 50.1 Å². The summed E-state index contributed by atoms with van der Waals surface area (Å²) in [7, 11) is 1.85. The second-order valence-corrected chi connectivity index (χ2v) is 7.13. The van der Waals surface area contributed by atoms with Crippen LogP contribution in [-0.4, -0.2) is 57.7 Å². The number of piperidine rings is 1. The zero-order valence-corrected chi connectivity index (χ0v) is 17.9. The number of H-pyrrole nitrogens is 1. The molecule has 0 spiro atoms. The van der Waals surface area contributed by atoms with E-state index in [0.717, 1.165) is 57.1 Å². The first-order valence-electron chi connectivity index (χ1n) is 8.54. The lowest BCUT2D eigenvalue weighted by atomic mass is 9.96. The van der Waals surface area contributed by atoms with Crippen LogP contribution in [0.4, 0.5) is 0 Å². The van der Waals surface area contributed by atoms with Gasteiger partial charge in [0.05, 0.1) is 5.01 Å². The third kappa shape index (κ3) is 5.37. The number of aromatic nitrogens is 4. The molecule has 0 aliphatic carbocycles. The molecule has 3 heterocycles. The smallest absolute Gasteiger partial charge is 0.193 e. The van der Waals surface area contributed by atoms with E-state index in [-0.39, 0.29) is 24.0 Å². The van der Waals surface area contributed by atoms with Gasteiger partial charge in [0.25, 0.3) is 0 Å². The number of halogens is 1. The number of rotatable bonds is 5. The van der Waals surface area contributed by atoms with Gasteiger partial charge in [-0.1, -0.05) is 6.92 Å². The molecule has 0 atom stereocenters. The molecule has 0 bridgehead atoms. The second-order valence-electron chi connectivity index (χ2n) is 5.93. The summed E-state index contributed by atoms with van der Waals surface area (Å²) in [4.78, 5) is 16.9. The lowest BCUT2D eigenvalue weighted by molar-refractivity contribution is 0.299. The predicted molar refractivity (Wildman–Crippen MR) is 112 cm³/mol. The number of hydrogen-bond donors (Lipinski definition) is 2. The van der Waals surface area contributed by atoms with Crippen molar-refractivity contribution in [1.29, 1.82) is 0 Å². The van der Waals surface area contributed by atoms with E-state index >= 15 is 0 Å². The molecule has 2 N–H and O–H groups in total. The standard InChI is InChI=1S/C16H25N7S.HI/c1-3-13-10-19-14(24-13)4-7-18-16(17-2)23-8-5-12(6-9-23)15-20-11-21-22-15;/h10-12H,3-9H2,1-2H3,(H,17,18)(H,20,21,22);1H. The molecular weight excluding hydrogens is 449 g/mol. The Kier molecular flexibility index (Phi) is 8.07. The number of likely N-dealkylation sites (tertiary alicyclic amines) is 1. The third-order valence-corrected chi connectivity index (χ3v) is 5.60. The maximum absolute atomic E-state index is 4.47. The van der Waals surface area contributed by atoms with E-state index < -0.39 is 0 Å². The quantitative estimate of drug-likeness (QED) is 0.395. The van der Waals surface area contributed by atoms with Gasteiger partial charge in [-0.2, -0.15) is 5.10 Å². The molecule has 1 saturated heterocycles. The molecule has 1 aliphatic heterocycles. The van der Waals surface area contributed by atoms with Gasteiger partial charge in [-0.3, -0.25) is 10.1 Å². The van der Waals surface area contributed by atoms with Gasteiger partial charge in [-0.05, 0) is 19.3 Å². The van der Waals surface area contributed by atoms with E-state index in [2.05, 4.69) is 42.3 Å². The van der Waals surface area contributed by atoms with Crippen molar-refractivity contribution in [2.24, 2.45) is 4.99 Å². The summed E-state index contributed by atoms with van der Waals surface area (Å²) in [5.74, 6) is 2.47. The van der Waals surface area contributed by atoms with E-state index in [9.17, 15) is 0 Å². The summed E-state index contributed by atoms with van der Waals surface area (Å²) in [5.41, 5.74) is 0. The Morgan fingerprint density at radius 2 is 2.20 bits per heavy atom. The minimum absolute atomic E-state index is 0. The summed E-state index contributed by atoms with van der Waals surface area (Å²) in [6.45, 7) is 5.01. The molecule has 0 unspecified atom stereocenters. The molecule has 1 aliphatic rings. The number of guanidine groups is 1. The number of hydrogen-bond acceptors (Lipinski definition) is 5. The van der Waals surface area contributed by atoms with E-state index in [4.69, 9.17) is 0 Å². The molecule has 3 rings (SSSR count). The van der Waals surface area contributed by atoms with Crippen molar-refractivity contribution in [2.45, 2.75) is 38.5 Å². The van der Waals surface area contributed by atoms with Crippen LogP contribution in [0.15, 0.2) is 17.5 Å². The van der Waals surface area contributed by atoms with E-state index in [1.807, 2.05) is 13.2 Å². The average Bonchev–Trinajstić information content (AvgIpc) is 3.31.